The van der Waals surface area contributed by atoms with Gasteiger partial charge in [-0.05, 0) is 76.4 Å². The van der Waals surface area contributed by atoms with E-state index in [-0.39, 0.29) is 11.5 Å². The molecule has 4 aromatic rings. The lowest BCUT2D eigenvalue weighted by Crippen LogP contribution is -2.39. The quantitative estimate of drug-likeness (QED) is 0.216. The molecule has 184 valence electrons. The molecule has 0 aliphatic carbocycles. The summed E-state index contributed by atoms with van der Waals surface area (Å²) in [5.74, 6) is 4.74. The summed E-state index contributed by atoms with van der Waals surface area (Å²) < 4.78 is 15.9. The summed E-state index contributed by atoms with van der Waals surface area (Å²) in [5.41, 5.74) is 1.32. The van der Waals surface area contributed by atoms with Crippen LogP contribution in [0.5, 0.6) is 0 Å². The second kappa shape index (κ2) is 10.2. The van der Waals surface area contributed by atoms with Crippen LogP contribution in [0.2, 0.25) is 0 Å². The number of tetrazole rings is 1. The van der Waals surface area contributed by atoms with Gasteiger partial charge in [0, 0.05) is 24.3 Å². The van der Waals surface area contributed by atoms with Gasteiger partial charge in [-0.2, -0.15) is 4.68 Å². The molecular formula is C25H25FN8O2. The fraction of sp³-hybridized carbons (Fsp3) is 0.240. The largest absolute Gasteiger partial charge is 0.357 e. The van der Waals surface area contributed by atoms with E-state index >= 15 is 0 Å². The molecule has 0 unspecified atom stereocenters. The minimum absolute atomic E-state index is 0.0782. The standard InChI is InChI=1S/C25H25FN8O2/c26-21-13-18-3-1-2-4-19(18)14-22(21)34-24(30-31-32-34)25(35)29-20-7-5-17(6-8-20)23(27)33-11-9-16(10-12-33)15-36-28/h1-8,13-14,16,27H,9-12,15,28H2,(H,29,35). The van der Waals surface area contributed by atoms with E-state index in [0.717, 1.165) is 46.9 Å². The zero-order valence-corrected chi connectivity index (χ0v) is 19.4. The smallest absolute Gasteiger partial charge is 0.295 e. The summed E-state index contributed by atoms with van der Waals surface area (Å²) in [7, 11) is 0. The Morgan fingerprint density at radius 2 is 1.81 bits per heavy atom. The van der Waals surface area contributed by atoms with Gasteiger partial charge in [0.1, 0.15) is 17.3 Å². The van der Waals surface area contributed by atoms with Crippen LogP contribution in [0.1, 0.15) is 29.0 Å². The fourth-order valence-corrected chi connectivity index (χ4v) is 4.39. The number of carbonyl (C=O) groups is 1. The molecule has 0 spiro atoms. The molecule has 0 atom stereocenters. The highest BCUT2D eigenvalue weighted by Gasteiger charge is 2.23. The molecule has 1 saturated heterocycles. The second-order valence-electron chi connectivity index (χ2n) is 8.71. The number of nitrogens with zero attached hydrogens (tertiary/aromatic N) is 5. The average Bonchev–Trinajstić information content (AvgIpc) is 3.39. The Labute approximate surface area is 206 Å². The van der Waals surface area contributed by atoms with Gasteiger partial charge in [-0.3, -0.25) is 10.2 Å². The first-order chi connectivity index (χ1) is 17.5. The Morgan fingerprint density at radius 1 is 1.11 bits per heavy atom. The number of hydrogen-bond donors (Lipinski definition) is 3. The van der Waals surface area contributed by atoms with E-state index in [0.29, 0.717) is 24.0 Å². The Bertz CT molecular complexity index is 1400. The van der Waals surface area contributed by atoms with Gasteiger partial charge in [0.15, 0.2) is 0 Å². The monoisotopic (exact) mass is 488 g/mol. The molecule has 1 fully saturated rings. The Hall–Kier alpha value is -4.22. The molecule has 36 heavy (non-hydrogen) atoms. The number of halogens is 1. The molecule has 0 bridgehead atoms. The van der Waals surface area contributed by atoms with E-state index in [1.807, 2.05) is 23.1 Å². The molecule has 1 aliphatic heterocycles. The summed E-state index contributed by atoms with van der Waals surface area (Å²) in [5, 5.41) is 24.0. The van der Waals surface area contributed by atoms with Gasteiger partial charge in [0.2, 0.25) is 5.82 Å². The molecule has 4 N–H and O–H groups in total. The molecular weight excluding hydrogens is 463 g/mol. The first kappa shape index (κ1) is 23.5. The van der Waals surface area contributed by atoms with E-state index in [9.17, 15) is 9.18 Å². The number of aromatic nitrogens is 4. The third kappa shape index (κ3) is 4.79. The average molecular weight is 489 g/mol. The highest BCUT2D eigenvalue weighted by Crippen LogP contribution is 2.23. The Balaban J connectivity index is 1.28. The molecule has 10 nitrogen and oxygen atoms in total. The number of benzene rings is 3. The van der Waals surface area contributed by atoms with Crippen molar-refractivity contribution in [2.24, 2.45) is 11.8 Å². The SMILES string of the molecule is N=C(c1ccc(NC(=O)c2nnnn2-c2cc3ccccc3cc2F)cc1)N1CCC(CON)CC1. The summed E-state index contributed by atoms with van der Waals surface area (Å²) in [6, 6.07) is 17.3. The molecule has 3 aromatic carbocycles. The van der Waals surface area contributed by atoms with Crippen LogP contribution >= 0.6 is 0 Å². The first-order valence-corrected chi connectivity index (χ1v) is 11.6. The van der Waals surface area contributed by atoms with Crippen LogP contribution in [0.15, 0.2) is 60.7 Å². The summed E-state index contributed by atoms with van der Waals surface area (Å²) in [6.07, 6.45) is 1.83. The van der Waals surface area contributed by atoms with Crippen molar-refractivity contribution in [2.45, 2.75) is 12.8 Å². The van der Waals surface area contributed by atoms with Crippen LogP contribution < -0.4 is 11.2 Å². The number of fused-ring (bicyclic) bond motifs is 1. The molecule has 1 amide bonds. The van der Waals surface area contributed by atoms with Crippen molar-refractivity contribution in [1.82, 2.24) is 25.1 Å². The van der Waals surface area contributed by atoms with Gasteiger partial charge in [-0.25, -0.2) is 10.3 Å². The van der Waals surface area contributed by atoms with Gasteiger partial charge in [-0.15, -0.1) is 5.10 Å². The number of anilines is 1. The number of hydrogen-bond acceptors (Lipinski definition) is 7. The van der Waals surface area contributed by atoms with Gasteiger partial charge in [-0.1, -0.05) is 24.3 Å². The van der Waals surface area contributed by atoms with Crippen LogP contribution in [-0.4, -0.2) is 56.5 Å². The maximum absolute atomic E-state index is 14.8. The normalized spacial score (nSPS) is 14.2. The summed E-state index contributed by atoms with van der Waals surface area (Å²) in [6.45, 7) is 2.06. The predicted molar refractivity (Wildman–Crippen MR) is 132 cm³/mol. The number of amidine groups is 1. The number of likely N-dealkylation sites (tertiary alicyclic amines) is 1. The van der Waals surface area contributed by atoms with Crippen molar-refractivity contribution in [3.63, 3.8) is 0 Å². The van der Waals surface area contributed by atoms with E-state index in [1.54, 1.807) is 36.4 Å². The zero-order chi connectivity index (χ0) is 25.1. The molecule has 5 rings (SSSR count). The third-order valence-electron chi connectivity index (χ3n) is 6.39. The lowest BCUT2D eigenvalue weighted by molar-refractivity contribution is 0.0790. The second-order valence-corrected chi connectivity index (χ2v) is 8.71. The molecule has 2 heterocycles. The molecule has 0 radical (unpaired) electrons. The Kier molecular flexibility index (Phi) is 6.65. The predicted octanol–water partition coefficient (Wildman–Crippen LogP) is 3.13. The van der Waals surface area contributed by atoms with Gasteiger partial charge >= 0.3 is 0 Å². The van der Waals surface area contributed by atoms with Crippen LogP contribution in [-0.2, 0) is 4.84 Å². The van der Waals surface area contributed by atoms with Crippen LogP contribution in [0, 0.1) is 17.1 Å². The number of piperidine rings is 1. The molecule has 1 aromatic heterocycles. The highest BCUT2D eigenvalue weighted by atomic mass is 19.1. The van der Waals surface area contributed by atoms with Crippen molar-refractivity contribution in [2.75, 3.05) is 25.0 Å². The Morgan fingerprint density at radius 3 is 2.50 bits per heavy atom. The van der Waals surface area contributed by atoms with E-state index in [4.69, 9.17) is 16.1 Å². The highest BCUT2D eigenvalue weighted by molar-refractivity contribution is 6.02. The summed E-state index contributed by atoms with van der Waals surface area (Å²) in [4.78, 5) is 19.7. The van der Waals surface area contributed by atoms with Crippen molar-refractivity contribution < 1.29 is 14.0 Å². The number of amides is 1. The number of nitrogens with two attached hydrogens (primary N) is 1. The van der Waals surface area contributed by atoms with Gasteiger partial charge in [0.05, 0.1) is 6.61 Å². The van der Waals surface area contributed by atoms with Crippen molar-refractivity contribution in [3.05, 3.63) is 77.9 Å². The third-order valence-corrected chi connectivity index (χ3v) is 6.39. The van der Waals surface area contributed by atoms with E-state index < -0.39 is 11.7 Å². The lowest BCUT2D eigenvalue weighted by Gasteiger charge is -2.33. The molecule has 0 saturated carbocycles. The van der Waals surface area contributed by atoms with Crippen molar-refractivity contribution in [1.29, 1.82) is 5.41 Å². The van der Waals surface area contributed by atoms with Crippen molar-refractivity contribution >= 4 is 28.2 Å². The minimum atomic E-state index is -0.584. The number of carbonyl (C=O) groups excluding carboxylic acids is 1. The van der Waals surface area contributed by atoms with Crippen molar-refractivity contribution in [3.8, 4) is 5.69 Å². The summed E-state index contributed by atoms with van der Waals surface area (Å²) >= 11 is 0. The maximum Gasteiger partial charge on any atom is 0.295 e. The minimum Gasteiger partial charge on any atom is -0.357 e. The lowest BCUT2D eigenvalue weighted by atomic mass is 9.97. The van der Waals surface area contributed by atoms with Gasteiger partial charge in [0.25, 0.3) is 5.91 Å². The van der Waals surface area contributed by atoms with Crippen LogP contribution in [0.3, 0.4) is 0 Å². The fourth-order valence-electron chi connectivity index (χ4n) is 4.39. The van der Waals surface area contributed by atoms with E-state index in [1.165, 1.54) is 6.07 Å². The maximum atomic E-state index is 14.8. The van der Waals surface area contributed by atoms with Crippen LogP contribution in [0.25, 0.3) is 16.5 Å². The zero-order valence-electron chi connectivity index (χ0n) is 19.4. The molecule has 1 aliphatic rings. The number of nitrogens with one attached hydrogen (secondary N) is 2. The first-order valence-electron chi connectivity index (χ1n) is 11.6. The van der Waals surface area contributed by atoms with Crippen LogP contribution in [0.4, 0.5) is 10.1 Å². The van der Waals surface area contributed by atoms with Gasteiger partial charge < -0.3 is 15.1 Å². The number of rotatable bonds is 6. The topological polar surface area (TPSA) is 135 Å². The molecule has 11 heteroatoms. The van der Waals surface area contributed by atoms with E-state index in [2.05, 4.69) is 20.8 Å².